The fraction of sp³-hybridized carbons (Fsp3) is 0.389. The Balaban J connectivity index is 1.66. The van der Waals surface area contributed by atoms with Gasteiger partial charge in [0.05, 0.1) is 25.0 Å². The van der Waals surface area contributed by atoms with Gasteiger partial charge in [0.15, 0.2) is 0 Å². The second kappa shape index (κ2) is 7.88. The van der Waals surface area contributed by atoms with Crippen molar-refractivity contribution < 1.29 is 9.53 Å². The smallest absolute Gasteiger partial charge is 0.241 e. The van der Waals surface area contributed by atoms with E-state index in [1.807, 2.05) is 18.3 Å². The van der Waals surface area contributed by atoms with Crippen LogP contribution in [0.4, 0.5) is 5.69 Å². The Kier molecular flexibility index (Phi) is 5.38. The van der Waals surface area contributed by atoms with Crippen molar-refractivity contribution in [3.63, 3.8) is 0 Å². The second-order valence-electron chi connectivity index (χ2n) is 5.92. The number of carbonyl (C=O) groups excluding carboxylic acids is 1. The van der Waals surface area contributed by atoms with E-state index in [2.05, 4.69) is 20.2 Å². The minimum Gasteiger partial charge on any atom is -0.481 e. The summed E-state index contributed by atoms with van der Waals surface area (Å²) in [5, 5.41) is 2.96. The van der Waals surface area contributed by atoms with Crippen LogP contribution in [-0.2, 0) is 11.3 Å². The summed E-state index contributed by atoms with van der Waals surface area (Å²) >= 11 is 0. The van der Waals surface area contributed by atoms with E-state index < -0.39 is 0 Å². The van der Waals surface area contributed by atoms with Crippen molar-refractivity contribution >= 4 is 11.6 Å². The maximum Gasteiger partial charge on any atom is 0.241 e. The third-order valence-corrected chi connectivity index (χ3v) is 4.24. The average molecular weight is 326 g/mol. The molecule has 0 bridgehead atoms. The summed E-state index contributed by atoms with van der Waals surface area (Å²) in [6.45, 7) is 1.67. The van der Waals surface area contributed by atoms with E-state index in [1.165, 1.54) is 0 Å². The van der Waals surface area contributed by atoms with Crippen molar-refractivity contribution in [2.24, 2.45) is 0 Å². The van der Waals surface area contributed by atoms with Crippen LogP contribution in [0.2, 0.25) is 0 Å². The van der Waals surface area contributed by atoms with Crippen LogP contribution in [0.25, 0.3) is 0 Å². The van der Waals surface area contributed by atoms with Crippen LogP contribution >= 0.6 is 0 Å². The topological polar surface area (TPSA) is 67.3 Å². The molecule has 0 aliphatic carbocycles. The molecule has 1 aliphatic rings. The molecule has 3 rings (SSSR count). The Morgan fingerprint density at radius 1 is 1.33 bits per heavy atom. The molecule has 1 N–H and O–H groups in total. The largest absolute Gasteiger partial charge is 0.481 e. The highest BCUT2D eigenvalue weighted by Gasteiger charge is 2.28. The Morgan fingerprint density at radius 3 is 2.96 bits per heavy atom. The van der Waals surface area contributed by atoms with Gasteiger partial charge in [0.1, 0.15) is 0 Å². The summed E-state index contributed by atoms with van der Waals surface area (Å²) in [5.41, 5.74) is 1.82. The summed E-state index contributed by atoms with van der Waals surface area (Å²) in [7, 11) is 1.57. The monoisotopic (exact) mass is 326 g/mol. The number of hydrogen-bond donors (Lipinski definition) is 1. The van der Waals surface area contributed by atoms with E-state index >= 15 is 0 Å². The molecular weight excluding hydrogens is 304 g/mol. The molecular formula is C18H22N4O2. The van der Waals surface area contributed by atoms with Crippen molar-refractivity contribution in [1.29, 1.82) is 0 Å². The number of rotatable bonds is 5. The first-order valence-electron chi connectivity index (χ1n) is 8.20. The van der Waals surface area contributed by atoms with Gasteiger partial charge in [0.2, 0.25) is 11.8 Å². The number of likely N-dealkylation sites (tertiary alicyclic amines) is 1. The van der Waals surface area contributed by atoms with Crippen LogP contribution in [0.1, 0.15) is 24.8 Å². The number of amides is 1. The molecule has 24 heavy (non-hydrogen) atoms. The summed E-state index contributed by atoms with van der Waals surface area (Å²) < 4.78 is 5.04. The third-order valence-electron chi connectivity index (χ3n) is 4.24. The normalized spacial score (nSPS) is 18.1. The molecule has 6 heteroatoms. The number of carbonyl (C=O) groups is 1. The van der Waals surface area contributed by atoms with Crippen molar-refractivity contribution in [3.8, 4) is 5.88 Å². The van der Waals surface area contributed by atoms with E-state index in [1.54, 1.807) is 31.6 Å². The maximum atomic E-state index is 12.7. The van der Waals surface area contributed by atoms with Gasteiger partial charge >= 0.3 is 0 Å². The van der Waals surface area contributed by atoms with E-state index in [-0.39, 0.29) is 11.9 Å². The van der Waals surface area contributed by atoms with Crippen LogP contribution in [0.3, 0.4) is 0 Å². The first-order valence-corrected chi connectivity index (χ1v) is 8.20. The van der Waals surface area contributed by atoms with Gasteiger partial charge in [0.25, 0.3) is 0 Å². The number of ether oxygens (including phenoxy) is 1. The molecule has 6 nitrogen and oxygen atoms in total. The fourth-order valence-electron chi connectivity index (χ4n) is 3.00. The zero-order valence-electron chi connectivity index (χ0n) is 13.8. The van der Waals surface area contributed by atoms with E-state index in [4.69, 9.17) is 4.74 Å². The van der Waals surface area contributed by atoms with E-state index in [0.717, 1.165) is 37.9 Å². The van der Waals surface area contributed by atoms with Crippen LogP contribution in [0, 0.1) is 0 Å². The van der Waals surface area contributed by atoms with Crippen molar-refractivity contribution in [3.05, 3.63) is 48.4 Å². The number of nitrogens with zero attached hydrogens (tertiary/aromatic N) is 3. The standard InChI is InChI=1S/C18H22N4O2/c1-24-17-8-7-15(12-20-17)21-18(23)16-6-2-3-10-22(16)13-14-5-4-9-19-11-14/h4-5,7-9,11-12,16H,2-3,6,10,13H2,1H3,(H,21,23)/t16-/m1/s1. The van der Waals surface area contributed by atoms with Crippen LogP contribution in [0.5, 0.6) is 5.88 Å². The highest BCUT2D eigenvalue weighted by molar-refractivity contribution is 5.94. The predicted octanol–water partition coefficient (Wildman–Crippen LogP) is 2.48. The quantitative estimate of drug-likeness (QED) is 0.914. The Morgan fingerprint density at radius 2 is 2.25 bits per heavy atom. The molecule has 1 amide bonds. The number of nitrogens with one attached hydrogen (secondary N) is 1. The lowest BCUT2D eigenvalue weighted by Gasteiger charge is -2.34. The van der Waals surface area contributed by atoms with Crippen LogP contribution in [0.15, 0.2) is 42.9 Å². The first kappa shape index (κ1) is 16.4. The molecule has 126 valence electrons. The number of anilines is 1. The Hall–Kier alpha value is -2.47. The van der Waals surface area contributed by atoms with Crippen molar-refractivity contribution in [1.82, 2.24) is 14.9 Å². The van der Waals surface area contributed by atoms with Gasteiger partial charge in [0, 0.05) is 25.0 Å². The van der Waals surface area contributed by atoms with E-state index in [9.17, 15) is 4.79 Å². The number of methoxy groups -OCH3 is 1. The number of pyridine rings is 2. The second-order valence-corrected chi connectivity index (χ2v) is 5.92. The molecule has 0 spiro atoms. The van der Waals surface area contributed by atoms with Gasteiger partial charge in [-0.2, -0.15) is 0 Å². The Labute approximate surface area is 141 Å². The lowest BCUT2D eigenvalue weighted by Crippen LogP contribution is -2.46. The minimum absolute atomic E-state index is 0.0190. The molecule has 0 unspecified atom stereocenters. The summed E-state index contributed by atoms with van der Waals surface area (Å²) in [6, 6.07) is 7.39. The molecule has 1 aliphatic heterocycles. The lowest BCUT2D eigenvalue weighted by molar-refractivity contribution is -0.122. The van der Waals surface area contributed by atoms with Gasteiger partial charge in [-0.1, -0.05) is 12.5 Å². The third kappa shape index (κ3) is 4.08. The molecule has 2 aromatic rings. The summed E-state index contributed by atoms with van der Waals surface area (Å²) in [5.74, 6) is 0.550. The molecule has 1 saturated heterocycles. The highest BCUT2D eigenvalue weighted by atomic mass is 16.5. The lowest BCUT2D eigenvalue weighted by atomic mass is 10.0. The number of piperidine rings is 1. The van der Waals surface area contributed by atoms with Crippen molar-refractivity contribution in [2.75, 3.05) is 19.0 Å². The van der Waals surface area contributed by atoms with Crippen molar-refractivity contribution in [2.45, 2.75) is 31.8 Å². The van der Waals surface area contributed by atoms with E-state index in [0.29, 0.717) is 11.6 Å². The van der Waals surface area contributed by atoms with Gasteiger partial charge in [-0.15, -0.1) is 0 Å². The van der Waals surface area contributed by atoms with Gasteiger partial charge in [-0.3, -0.25) is 14.7 Å². The molecule has 0 aromatic carbocycles. The molecule has 0 radical (unpaired) electrons. The maximum absolute atomic E-state index is 12.7. The summed E-state index contributed by atoms with van der Waals surface area (Å²) in [4.78, 5) is 23.2. The Bertz CT molecular complexity index is 660. The first-order chi connectivity index (χ1) is 11.8. The van der Waals surface area contributed by atoms with Gasteiger partial charge in [-0.05, 0) is 37.1 Å². The zero-order valence-corrected chi connectivity index (χ0v) is 13.8. The molecule has 1 atom stereocenters. The van der Waals surface area contributed by atoms with Crippen LogP contribution < -0.4 is 10.1 Å². The highest BCUT2D eigenvalue weighted by Crippen LogP contribution is 2.21. The summed E-state index contributed by atoms with van der Waals surface area (Å²) in [6.07, 6.45) is 8.30. The molecule has 1 fully saturated rings. The minimum atomic E-state index is -0.124. The fourth-order valence-corrected chi connectivity index (χ4v) is 3.00. The number of aromatic nitrogens is 2. The van der Waals surface area contributed by atoms with Gasteiger partial charge in [-0.25, -0.2) is 4.98 Å². The predicted molar refractivity (Wildman–Crippen MR) is 91.7 cm³/mol. The number of hydrogen-bond acceptors (Lipinski definition) is 5. The van der Waals surface area contributed by atoms with Gasteiger partial charge < -0.3 is 10.1 Å². The molecule has 0 saturated carbocycles. The van der Waals surface area contributed by atoms with Crippen LogP contribution in [-0.4, -0.2) is 40.5 Å². The molecule has 2 aromatic heterocycles. The molecule has 3 heterocycles. The SMILES string of the molecule is COc1ccc(NC(=O)[C@H]2CCCCN2Cc2cccnc2)cn1. The zero-order chi connectivity index (χ0) is 16.8. The average Bonchev–Trinajstić information content (AvgIpc) is 2.63.